The van der Waals surface area contributed by atoms with Crippen molar-refractivity contribution in [2.45, 2.75) is 50.9 Å². The van der Waals surface area contributed by atoms with Crippen molar-refractivity contribution in [3.63, 3.8) is 0 Å². The van der Waals surface area contributed by atoms with Gasteiger partial charge in [0, 0.05) is 63.4 Å². The number of aliphatic hydroxyl groups excluding tert-OH is 1. The van der Waals surface area contributed by atoms with E-state index in [0.717, 1.165) is 12.8 Å². The highest BCUT2D eigenvalue weighted by Gasteiger charge is 2.27. The third-order valence-corrected chi connectivity index (χ3v) is 7.22. The molecule has 35 heavy (non-hydrogen) atoms. The van der Waals surface area contributed by atoms with Gasteiger partial charge in [-0.1, -0.05) is 24.3 Å². The number of benzene rings is 2. The van der Waals surface area contributed by atoms with Gasteiger partial charge in [0.2, 0.25) is 5.91 Å². The predicted octanol–water partition coefficient (Wildman–Crippen LogP) is 1.57. The van der Waals surface area contributed by atoms with Crippen LogP contribution < -0.4 is 10.6 Å². The first-order chi connectivity index (χ1) is 16.8. The fourth-order valence-corrected chi connectivity index (χ4v) is 4.89. The van der Waals surface area contributed by atoms with Crippen molar-refractivity contribution in [1.82, 2.24) is 20.4 Å². The van der Waals surface area contributed by atoms with Crippen molar-refractivity contribution in [2.75, 3.05) is 26.7 Å². The zero-order valence-corrected chi connectivity index (χ0v) is 20.4. The predicted molar refractivity (Wildman–Crippen MR) is 133 cm³/mol. The molecular formula is C27H34N4O4. The van der Waals surface area contributed by atoms with Crippen LogP contribution in [0.15, 0.2) is 48.5 Å². The van der Waals surface area contributed by atoms with Gasteiger partial charge in [-0.3, -0.25) is 14.4 Å². The summed E-state index contributed by atoms with van der Waals surface area (Å²) in [5.41, 5.74) is 3.41. The van der Waals surface area contributed by atoms with E-state index in [-0.39, 0.29) is 36.3 Å². The molecule has 3 amide bonds. The Hall–Kier alpha value is -3.23. The van der Waals surface area contributed by atoms with Crippen LogP contribution in [0.2, 0.25) is 0 Å². The molecule has 8 heteroatoms. The van der Waals surface area contributed by atoms with Crippen LogP contribution >= 0.6 is 0 Å². The average Bonchev–Trinajstić information content (AvgIpc) is 2.90. The van der Waals surface area contributed by atoms with Gasteiger partial charge in [0.15, 0.2) is 0 Å². The van der Waals surface area contributed by atoms with Gasteiger partial charge in [-0.15, -0.1) is 0 Å². The summed E-state index contributed by atoms with van der Waals surface area (Å²) in [5, 5.41) is 16.7. The normalized spacial score (nSPS) is 18.9. The Labute approximate surface area is 206 Å². The Balaban J connectivity index is 1.27. The van der Waals surface area contributed by atoms with Crippen LogP contribution in [0.4, 0.5) is 0 Å². The van der Waals surface area contributed by atoms with E-state index in [0.29, 0.717) is 37.2 Å². The molecule has 0 spiro atoms. The van der Waals surface area contributed by atoms with E-state index in [9.17, 15) is 19.5 Å². The Kier molecular flexibility index (Phi) is 7.83. The first-order valence-electron chi connectivity index (χ1n) is 12.2. The minimum absolute atomic E-state index is 0.0687. The molecule has 0 radical (unpaired) electrons. The highest BCUT2D eigenvalue weighted by atomic mass is 16.3. The maximum absolute atomic E-state index is 12.9. The van der Waals surface area contributed by atoms with Crippen molar-refractivity contribution in [1.29, 1.82) is 0 Å². The van der Waals surface area contributed by atoms with E-state index in [2.05, 4.69) is 22.8 Å². The number of hydrogen-bond acceptors (Lipinski definition) is 5. The molecule has 0 aromatic heterocycles. The lowest BCUT2D eigenvalue weighted by Gasteiger charge is -2.36. The molecule has 0 saturated carbocycles. The topological polar surface area (TPSA) is 102 Å². The Morgan fingerprint density at radius 2 is 1.69 bits per heavy atom. The molecule has 2 aromatic carbocycles. The Bertz CT molecular complexity index is 1060. The van der Waals surface area contributed by atoms with Gasteiger partial charge in [-0.25, -0.2) is 0 Å². The van der Waals surface area contributed by atoms with E-state index >= 15 is 0 Å². The van der Waals surface area contributed by atoms with E-state index in [4.69, 9.17) is 0 Å². The molecule has 0 bridgehead atoms. The Morgan fingerprint density at radius 1 is 1.06 bits per heavy atom. The number of carbonyl (C=O) groups excluding carboxylic acids is 3. The maximum atomic E-state index is 12.9. The maximum Gasteiger partial charge on any atom is 0.253 e. The van der Waals surface area contributed by atoms with E-state index in [1.165, 1.54) is 11.1 Å². The summed E-state index contributed by atoms with van der Waals surface area (Å²) in [6.07, 6.45) is 1.51. The number of carbonyl (C=O) groups is 3. The Morgan fingerprint density at radius 3 is 2.34 bits per heavy atom. The van der Waals surface area contributed by atoms with Crippen molar-refractivity contribution in [2.24, 2.45) is 0 Å². The summed E-state index contributed by atoms with van der Waals surface area (Å²) in [5.74, 6) is -0.319. The van der Waals surface area contributed by atoms with E-state index < -0.39 is 6.10 Å². The van der Waals surface area contributed by atoms with Gasteiger partial charge in [0.05, 0.1) is 6.10 Å². The molecule has 0 aliphatic carbocycles. The number of piperidine rings is 1. The third kappa shape index (κ3) is 5.89. The van der Waals surface area contributed by atoms with Crippen LogP contribution in [0.1, 0.15) is 51.6 Å². The molecule has 2 aliphatic rings. The van der Waals surface area contributed by atoms with Gasteiger partial charge in [-0.2, -0.15) is 0 Å². The van der Waals surface area contributed by atoms with Gasteiger partial charge in [0.25, 0.3) is 11.8 Å². The molecule has 0 unspecified atom stereocenters. The number of amides is 3. The molecule has 1 saturated heterocycles. The van der Waals surface area contributed by atoms with E-state index in [1.807, 2.05) is 17.0 Å². The second-order valence-corrected chi connectivity index (χ2v) is 9.47. The molecule has 2 heterocycles. The summed E-state index contributed by atoms with van der Waals surface area (Å²) in [7, 11) is 1.79. The summed E-state index contributed by atoms with van der Waals surface area (Å²) in [4.78, 5) is 40.6. The number of likely N-dealkylation sites (tertiary alicyclic amines) is 1. The first-order valence-corrected chi connectivity index (χ1v) is 12.2. The van der Waals surface area contributed by atoms with Crippen molar-refractivity contribution in [3.05, 3.63) is 70.8 Å². The number of nitrogens with one attached hydrogen (secondary N) is 2. The lowest BCUT2D eigenvalue weighted by molar-refractivity contribution is -0.130. The van der Waals surface area contributed by atoms with Gasteiger partial charge in [0.1, 0.15) is 0 Å². The SMILES string of the molecule is CC(=O)N1CCC(N(C)C(=O)c2ccc(C(=O)NC[C@@H](O)[C@@H]3Cc4ccccc4CN3)cc2)CC1. The van der Waals surface area contributed by atoms with Crippen LogP contribution in [0, 0.1) is 0 Å². The molecule has 2 aliphatic heterocycles. The molecule has 2 atom stereocenters. The van der Waals surface area contributed by atoms with Gasteiger partial charge < -0.3 is 25.5 Å². The lowest BCUT2D eigenvalue weighted by atomic mass is 9.93. The minimum atomic E-state index is -0.712. The average molecular weight is 479 g/mol. The molecule has 2 aromatic rings. The second-order valence-electron chi connectivity index (χ2n) is 9.47. The van der Waals surface area contributed by atoms with Crippen molar-refractivity contribution in [3.8, 4) is 0 Å². The number of aliphatic hydroxyl groups is 1. The second kappa shape index (κ2) is 11.0. The highest BCUT2D eigenvalue weighted by Crippen LogP contribution is 2.19. The number of rotatable bonds is 6. The molecular weight excluding hydrogens is 444 g/mol. The highest BCUT2D eigenvalue weighted by molar-refractivity contribution is 5.97. The van der Waals surface area contributed by atoms with Crippen molar-refractivity contribution < 1.29 is 19.5 Å². The van der Waals surface area contributed by atoms with Crippen LogP contribution in [-0.4, -0.2) is 77.5 Å². The number of fused-ring (bicyclic) bond motifs is 1. The van der Waals surface area contributed by atoms with Crippen LogP contribution in [0.25, 0.3) is 0 Å². The number of nitrogens with zero attached hydrogens (tertiary/aromatic N) is 2. The minimum Gasteiger partial charge on any atom is -0.390 e. The fourth-order valence-electron chi connectivity index (χ4n) is 4.89. The molecule has 3 N–H and O–H groups in total. The largest absolute Gasteiger partial charge is 0.390 e. The van der Waals surface area contributed by atoms with Gasteiger partial charge >= 0.3 is 0 Å². The van der Waals surface area contributed by atoms with Crippen molar-refractivity contribution >= 4 is 17.7 Å². The smallest absolute Gasteiger partial charge is 0.253 e. The first kappa shape index (κ1) is 24.9. The summed E-state index contributed by atoms with van der Waals surface area (Å²) >= 11 is 0. The molecule has 1 fully saturated rings. The van der Waals surface area contributed by atoms with Gasteiger partial charge in [-0.05, 0) is 54.7 Å². The quantitative estimate of drug-likeness (QED) is 0.585. The summed E-state index contributed by atoms with van der Waals surface area (Å²) in [6, 6.07) is 14.7. The van der Waals surface area contributed by atoms with Crippen LogP contribution in [0.5, 0.6) is 0 Å². The molecule has 8 nitrogen and oxygen atoms in total. The molecule has 186 valence electrons. The number of hydrogen-bond donors (Lipinski definition) is 3. The summed E-state index contributed by atoms with van der Waals surface area (Å²) in [6.45, 7) is 3.73. The van der Waals surface area contributed by atoms with E-state index in [1.54, 1.807) is 43.1 Å². The monoisotopic (exact) mass is 478 g/mol. The lowest BCUT2D eigenvalue weighted by Crippen LogP contribution is -2.49. The zero-order valence-electron chi connectivity index (χ0n) is 20.4. The van der Waals surface area contributed by atoms with Crippen LogP contribution in [-0.2, 0) is 17.8 Å². The molecule has 4 rings (SSSR count). The summed E-state index contributed by atoms with van der Waals surface area (Å²) < 4.78 is 0. The fraction of sp³-hybridized carbons (Fsp3) is 0.444. The third-order valence-electron chi connectivity index (χ3n) is 7.22. The van der Waals surface area contributed by atoms with Crippen LogP contribution in [0.3, 0.4) is 0 Å². The zero-order chi connectivity index (χ0) is 24.9. The standard InChI is InChI=1S/C27H34N4O4/c1-18(32)31-13-11-23(12-14-31)30(2)27(35)20-9-7-19(8-10-20)26(34)29-17-25(33)24-15-21-5-3-4-6-22(21)16-28-24/h3-10,23-25,28,33H,11-17H2,1-2H3,(H,29,34)/t24-,25+/m0/s1.